The molecular weight excluding hydrogens is 556 g/mol. The van der Waals surface area contributed by atoms with Crippen molar-refractivity contribution in [3.63, 3.8) is 0 Å². The van der Waals surface area contributed by atoms with E-state index in [1.165, 1.54) is 51.4 Å². The number of rotatable bonds is 6. The second-order valence-electron chi connectivity index (χ2n) is 7.18. The summed E-state index contributed by atoms with van der Waals surface area (Å²) in [6.07, 6.45) is 18.1. The van der Waals surface area contributed by atoms with Crippen molar-refractivity contribution in [2.24, 2.45) is 11.8 Å². The summed E-state index contributed by atoms with van der Waals surface area (Å²) in [4.78, 5) is 4.51. The maximum absolute atomic E-state index is 7.80. The van der Waals surface area contributed by atoms with Gasteiger partial charge < -0.3 is 25.7 Å². The first-order valence-corrected chi connectivity index (χ1v) is 9.50. The van der Waals surface area contributed by atoms with Gasteiger partial charge in [0.2, 0.25) is 0 Å². The van der Waals surface area contributed by atoms with Crippen LogP contribution in [0.2, 0.25) is 0 Å². The number of aliphatic hydroxyl groups excluding tert-OH is 1. The zero-order valence-corrected chi connectivity index (χ0v) is 19.6. The van der Waals surface area contributed by atoms with E-state index in [-0.39, 0.29) is 37.2 Å². The van der Waals surface area contributed by atoms with Crippen molar-refractivity contribution < 1.29 is 50.9 Å². The standard InChI is InChI=1S/C17H26NO2.C3H6O2.U/c18-20-16-11-9-15(10-12-16)19-17(14-7-4-8-14)13-5-2-1-3-6-13;1-2-3(4)5;/h9,11-15,17-18H,1-8,10H2;2-5H,1H2;/q-1;;. The quantitative estimate of drug-likeness (QED) is 0.273. The van der Waals surface area contributed by atoms with Crippen molar-refractivity contribution in [2.75, 3.05) is 0 Å². The number of aliphatic hydroxyl groups is 2. The maximum Gasteiger partial charge on any atom is 0.170 e. The zero-order valence-electron chi connectivity index (χ0n) is 15.5. The molecule has 0 aromatic rings. The Morgan fingerprint density at radius 2 is 1.65 bits per heavy atom. The molecule has 3 aliphatic rings. The van der Waals surface area contributed by atoms with Crippen molar-refractivity contribution in [1.29, 1.82) is 0 Å². The molecule has 3 N–H and O–H groups in total. The smallest absolute Gasteiger partial charge is 0.170 e. The van der Waals surface area contributed by atoms with Crippen LogP contribution in [0.5, 0.6) is 0 Å². The van der Waals surface area contributed by atoms with E-state index in [0.29, 0.717) is 11.9 Å². The topological polar surface area (TPSA) is 82.7 Å². The molecule has 0 amide bonds. The van der Waals surface area contributed by atoms with Gasteiger partial charge in [-0.15, -0.1) is 0 Å². The van der Waals surface area contributed by atoms with Crippen LogP contribution in [0, 0.1) is 42.9 Å². The monoisotopic (exact) mass is 588 g/mol. The Labute approximate surface area is 181 Å². The van der Waals surface area contributed by atoms with Gasteiger partial charge in [0.05, 0.1) is 18.0 Å². The van der Waals surface area contributed by atoms with Crippen LogP contribution in [0.15, 0.2) is 36.6 Å². The molecule has 2 unspecified atom stereocenters. The van der Waals surface area contributed by atoms with Gasteiger partial charge in [-0.1, -0.05) is 38.3 Å². The molecule has 0 heterocycles. The summed E-state index contributed by atoms with van der Waals surface area (Å²) >= 11 is 0. The molecule has 3 aliphatic carbocycles. The number of ether oxygens (including phenoxy) is 1. The van der Waals surface area contributed by atoms with Gasteiger partial charge in [0.15, 0.2) is 6.29 Å². The molecule has 2 fully saturated rings. The van der Waals surface area contributed by atoms with Gasteiger partial charge in [0, 0.05) is 31.1 Å². The molecule has 6 heteroatoms. The molecule has 0 saturated heterocycles. The molecule has 2 saturated carbocycles. The minimum atomic E-state index is -1.35. The molecule has 26 heavy (non-hydrogen) atoms. The molecule has 0 aliphatic heterocycles. The Bertz CT molecular complexity index is 457. The molecular formula is C20H32NO4U-. The fourth-order valence-corrected chi connectivity index (χ4v) is 3.80. The molecule has 146 valence electrons. The summed E-state index contributed by atoms with van der Waals surface area (Å²) in [6, 6.07) is 0. The van der Waals surface area contributed by atoms with E-state index >= 15 is 0 Å². The molecule has 2 atom stereocenters. The van der Waals surface area contributed by atoms with Crippen LogP contribution in [0.1, 0.15) is 57.8 Å². The average Bonchev–Trinajstić information content (AvgIpc) is 2.61. The molecule has 3 rings (SSSR count). The van der Waals surface area contributed by atoms with Crippen molar-refractivity contribution >= 4 is 0 Å². The van der Waals surface area contributed by atoms with Crippen LogP contribution in [-0.2, 0) is 9.57 Å². The van der Waals surface area contributed by atoms with Crippen LogP contribution in [0.4, 0.5) is 0 Å². The summed E-state index contributed by atoms with van der Waals surface area (Å²) in [6.45, 7) is 3.06. The minimum absolute atomic E-state index is 0. The van der Waals surface area contributed by atoms with Gasteiger partial charge in [0.1, 0.15) is 0 Å². The van der Waals surface area contributed by atoms with E-state index in [1.807, 2.05) is 12.2 Å². The predicted octanol–water partition coefficient (Wildman–Crippen LogP) is 4.43. The summed E-state index contributed by atoms with van der Waals surface area (Å²) in [5.41, 5.74) is 0. The van der Waals surface area contributed by atoms with Crippen LogP contribution < -0.4 is 0 Å². The van der Waals surface area contributed by atoms with E-state index in [4.69, 9.17) is 20.8 Å². The molecule has 0 radical (unpaired) electrons. The Morgan fingerprint density at radius 3 is 2.04 bits per heavy atom. The van der Waals surface area contributed by atoms with E-state index in [2.05, 4.69) is 17.5 Å². The second kappa shape index (κ2) is 13.2. The summed E-state index contributed by atoms with van der Waals surface area (Å²) in [5, 5.41) is 15.6. The SMILES string of the molecule is C=CC(O)O.[NH-]OC1=CCC(OC(C2CCCCC2)C2CCC2)C=C1.[U]. The fourth-order valence-electron chi connectivity index (χ4n) is 3.80. The maximum atomic E-state index is 7.80. The first kappa shape index (κ1) is 24.0. The summed E-state index contributed by atoms with van der Waals surface area (Å²) < 4.78 is 6.48. The van der Waals surface area contributed by atoms with E-state index in [0.717, 1.165) is 24.3 Å². The molecule has 0 aromatic carbocycles. The predicted molar refractivity (Wildman–Crippen MR) is 98.2 cm³/mol. The van der Waals surface area contributed by atoms with Gasteiger partial charge in [-0.25, -0.2) is 0 Å². The zero-order chi connectivity index (χ0) is 18.1. The van der Waals surface area contributed by atoms with Crippen LogP contribution in [-0.4, -0.2) is 28.7 Å². The van der Waals surface area contributed by atoms with Gasteiger partial charge in [0.25, 0.3) is 0 Å². The number of hydrogen-bond donors (Lipinski definition) is 2. The first-order chi connectivity index (χ1) is 12.1. The van der Waals surface area contributed by atoms with Crippen LogP contribution >= 0.6 is 0 Å². The molecule has 5 nitrogen and oxygen atoms in total. The third-order valence-corrected chi connectivity index (χ3v) is 5.42. The van der Waals surface area contributed by atoms with Crippen molar-refractivity contribution in [3.8, 4) is 0 Å². The third kappa shape index (κ3) is 7.88. The number of allylic oxidation sites excluding steroid dienone is 1. The van der Waals surface area contributed by atoms with Gasteiger partial charge in [-0.2, -0.15) is 0 Å². The van der Waals surface area contributed by atoms with Crippen molar-refractivity contribution in [1.82, 2.24) is 0 Å². The van der Waals surface area contributed by atoms with Gasteiger partial charge >= 0.3 is 0 Å². The van der Waals surface area contributed by atoms with Gasteiger partial charge in [-0.05, 0) is 62.2 Å². The fraction of sp³-hybridized carbons (Fsp3) is 0.700. The van der Waals surface area contributed by atoms with E-state index < -0.39 is 6.29 Å². The van der Waals surface area contributed by atoms with Crippen molar-refractivity contribution in [2.45, 2.75) is 76.3 Å². The Morgan fingerprint density at radius 1 is 1.08 bits per heavy atom. The first-order valence-electron chi connectivity index (χ1n) is 9.50. The molecule has 0 spiro atoms. The van der Waals surface area contributed by atoms with Gasteiger partial charge in [-0.3, -0.25) is 0 Å². The van der Waals surface area contributed by atoms with Crippen molar-refractivity contribution in [3.05, 3.63) is 42.5 Å². The second-order valence-corrected chi connectivity index (χ2v) is 7.18. The number of nitrogens with one attached hydrogen (secondary N) is 1. The summed E-state index contributed by atoms with van der Waals surface area (Å²) in [5.74, 6) is 9.13. The summed E-state index contributed by atoms with van der Waals surface area (Å²) in [7, 11) is 0. The van der Waals surface area contributed by atoms with E-state index in [1.54, 1.807) is 0 Å². The number of hydrogen-bond acceptors (Lipinski definition) is 4. The average molecular weight is 589 g/mol. The van der Waals surface area contributed by atoms with E-state index in [9.17, 15) is 0 Å². The third-order valence-electron chi connectivity index (χ3n) is 5.42. The Balaban J connectivity index is 0.000000501. The minimum Gasteiger partial charge on any atom is -0.590 e. The largest absolute Gasteiger partial charge is 0.590 e. The Kier molecular flexibility index (Phi) is 12.1. The Hall–Kier alpha value is -0.0881. The molecule has 0 aromatic heterocycles. The van der Waals surface area contributed by atoms with Crippen LogP contribution in [0.25, 0.3) is 5.90 Å². The molecule has 0 bridgehead atoms. The normalized spacial score (nSPS) is 24.5. The van der Waals surface area contributed by atoms with Crippen LogP contribution in [0.3, 0.4) is 0 Å².